The Kier molecular flexibility index (Phi) is 6.36. The molecule has 0 aliphatic rings. The maximum absolute atomic E-state index is 11.8. The van der Waals surface area contributed by atoms with E-state index >= 15 is 0 Å². The van der Waals surface area contributed by atoms with Gasteiger partial charge in [-0.1, -0.05) is 25.5 Å². The number of benzene rings is 1. The van der Waals surface area contributed by atoms with Gasteiger partial charge in [0.05, 0.1) is 13.2 Å². The Morgan fingerprint density at radius 2 is 2.00 bits per heavy atom. The van der Waals surface area contributed by atoms with Gasteiger partial charge in [-0.15, -0.1) is 0 Å². The quantitative estimate of drug-likeness (QED) is 0.794. The summed E-state index contributed by atoms with van der Waals surface area (Å²) in [6, 6.07) is 7.62. The first kappa shape index (κ1) is 15.5. The molecule has 0 fully saturated rings. The highest BCUT2D eigenvalue weighted by Crippen LogP contribution is 2.17. The topological polar surface area (TPSA) is 64.4 Å². The van der Waals surface area contributed by atoms with E-state index in [4.69, 9.17) is 10.5 Å². The van der Waals surface area contributed by atoms with Crippen LogP contribution >= 0.6 is 0 Å². The molecular formula is C15H24N2O2. The average Bonchev–Trinajstić information content (AvgIpc) is 2.38. The van der Waals surface area contributed by atoms with Crippen LogP contribution in [0.5, 0.6) is 5.75 Å². The number of hydrogen-bond donors (Lipinski definition) is 2. The molecule has 0 saturated carbocycles. The van der Waals surface area contributed by atoms with E-state index in [0.717, 1.165) is 24.2 Å². The van der Waals surface area contributed by atoms with E-state index in [1.54, 1.807) is 7.11 Å². The zero-order valence-electron chi connectivity index (χ0n) is 12.0. The van der Waals surface area contributed by atoms with Crippen molar-refractivity contribution in [1.82, 2.24) is 5.32 Å². The van der Waals surface area contributed by atoms with Gasteiger partial charge < -0.3 is 15.8 Å². The second kappa shape index (κ2) is 7.79. The van der Waals surface area contributed by atoms with E-state index in [2.05, 4.69) is 12.2 Å². The Bertz CT molecular complexity index is 390. The Labute approximate surface area is 115 Å². The Morgan fingerprint density at radius 3 is 2.53 bits per heavy atom. The SMILES string of the molecule is CCCC(N)CC(=O)N[C@@H](C)c1ccc(OC)cc1. The minimum absolute atomic E-state index is 0.00395. The minimum Gasteiger partial charge on any atom is -0.497 e. The normalized spacial score (nSPS) is 13.7. The largest absolute Gasteiger partial charge is 0.497 e. The first-order chi connectivity index (χ1) is 9.06. The van der Waals surface area contributed by atoms with Crippen molar-refractivity contribution in [3.63, 3.8) is 0 Å². The molecule has 1 aromatic carbocycles. The molecule has 4 nitrogen and oxygen atoms in total. The van der Waals surface area contributed by atoms with Crippen LogP contribution in [0.1, 0.15) is 44.7 Å². The van der Waals surface area contributed by atoms with Crippen molar-refractivity contribution in [3.8, 4) is 5.75 Å². The van der Waals surface area contributed by atoms with Gasteiger partial charge in [0.25, 0.3) is 0 Å². The molecule has 1 amide bonds. The summed E-state index contributed by atoms with van der Waals surface area (Å²) in [6.45, 7) is 4.03. The molecule has 0 aromatic heterocycles. The molecule has 0 bridgehead atoms. The van der Waals surface area contributed by atoms with Crippen LogP contribution in [0.4, 0.5) is 0 Å². The van der Waals surface area contributed by atoms with Crippen molar-refractivity contribution >= 4 is 5.91 Å². The molecule has 3 N–H and O–H groups in total. The molecule has 0 saturated heterocycles. The van der Waals surface area contributed by atoms with Crippen LogP contribution < -0.4 is 15.8 Å². The average molecular weight is 264 g/mol. The van der Waals surface area contributed by atoms with E-state index in [1.165, 1.54) is 0 Å². The van der Waals surface area contributed by atoms with E-state index in [-0.39, 0.29) is 18.0 Å². The summed E-state index contributed by atoms with van der Waals surface area (Å²) in [5.41, 5.74) is 6.91. The Morgan fingerprint density at radius 1 is 1.37 bits per heavy atom. The highest BCUT2D eigenvalue weighted by Gasteiger charge is 2.12. The number of carbonyl (C=O) groups excluding carboxylic acids is 1. The smallest absolute Gasteiger partial charge is 0.222 e. The Balaban J connectivity index is 2.48. The molecule has 0 spiro atoms. The lowest BCUT2D eigenvalue weighted by atomic mass is 10.1. The molecule has 106 valence electrons. The van der Waals surface area contributed by atoms with E-state index in [1.807, 2.05) is 31.2 Å². The zero-order chi connectivity index (χ0) is 14.3. The second-order valence-corrected chi connectivity index (χ2v) is 4.82. The van der Waals surface area contributed by atoms with Gasteiger partial charge in [0, 0.05) is 12.5 Å². The number of amides is 1. The van der Waals surface area contributed by atoms with Crippen molar-refractivity contribution in [2.45, 2.75) is 45.2 Å². The van der Waals surface area contributed by atoms with Crippen molar-refractivity contribution in [3.05, 3.63) is 29.8 Å². The minimum atomic E-state index is -0.0481. The third-order valence-corrected chi connectivity index (χ3v) is 3.10. The lowest BCUT2D eigenvalue weighted by Gasteiger charge is -2.16. The van der Waals surface area contributed by atoms with Gasteiger partial charge in [0.15, 0.2) is 0 Å². The van der Waals surface area contributed by atoms with Crippen molar-refractivity contribution in [2.75, 3.05) is 7.11 Å². The number of methoxy groups -OCH3 is 1. The third-order valence-electron chi connectivity index (χ3n) is 3.10. The fourth-order valence-electron chi connectivity index (χ4n) is 1.99. The third kappa shape index (κ3) is 5.30. The predicted molar refractivity (Wildman–Crippen MR) is 77.1 cm³/mol. The monoisotopic (exact) mass is 264 g/mol. The summed E-state index contributed by atoms with van der Waals surface area (Å²) >= 11 is 0. The first-order valence-electron chi connectivity index (χ1n) is 6.75. The van der Waals surface area contributed by atoms with Crippen LogP contribution in [0.25, 0.3) is 0 Å². The van der Waals surface area contributed by atoms with Crippen LogP contribution in [0.3, 0.4) is 0 Å². The zero-order valence-corrected chi connectivity index (χ0v) is 12.0. The lowest BCUT2D eigenvalue weighted by molar-refractivity contribution is -0.122. The standard InChI is InChI=1S/C15H24N2O2/c1-4-5-13(16)10-15(18)17-11(2)12-6-8-14(19-3)9-7-12/h6-9,11,13H,4-5,10,16H2,1-3H3,(H,17,18)/t11-,13?/m0/s1. The molecule has 0 radical (unpaired) electrons. The highest BCUT2D eigenvalue weighted by atomic mass is 16.5. The molecule has 1 unspecified atom stereocenters. The second-order valence-electron chi connectivity index (χ2n) is 4.82. The fraction of sp³-hybridized carbons (Fsp3) is 0.533. The summed E-state index contributed by atoms with van der Waals surface area (Å²) in [5.74, 6) is 0.816. The number of rotatable bonds is 7. The van der Waals surface area contributed by atoms with Crippen molar-refractivity contribution in [1.29, 1.82) is 0 Å². The van der Waals surface area contributed by atoms with Gasteiger partial charge in [-0.05, 0) is 31.0 Å². The van der Waals surface area contributed by atoms with E-state index in [9.17, 15) is 4.79 Å². The van der Waals surface area contributed by atoms with Gasteiger partial charge in [-0.3, -0.25) is 4.79 Å². The molecule has 0 aliphatic heterocycles. The predicted octanol–water partition coefficient (Wildman–Crippen LogP) is 2.39. The van der Waals surface area contributed by atoms with Crippen molar-refractivity contribution in [2.24, 2.45) is 5.73 Å². The van der Waals surface area contributed by atoms with Gasteiger partial charge in [-0.2, -0.15) is 0 Å². The van der Waals surface area contributed by atoms with Crippen LogP contribution in [0.2, 0.25) is 0 Å². The first-order valence-corrected chi connectivity index (χ1v) is 6.75. The fourth-order valence-corrected chi connectivity index (χ4v) is 1.99. The summed E-state index contributed by atoms with van der Waals surface area (Å²) < 4.78 is 5.11. The summed E-state index contributed by atoms with van der Waals surface area (Å²) in [4.78, 5) is 11.8. The van der Waals surface area contributed by atoms with Crippen LogP contribution in [0.15, 0.2) is 24.3 Å². The molecule has 2 atom stereocenters. The van der Waals surface area contributed by atoms with Gasteiger partial charge in [0.2, 0.25) is 5.91 Å². The lowest BCUT2D eigenvalue weighted by Crippen LogP contribution is -2.33. The number of nitrogens with two attached hydrogens (primary N) is 1. The molecule has 1 rings (SSSR count). The van der Waals surface area contributed by atoms with E-state index < -0.39 is 0 Å². The highest BCUT2D eigenvalue weighted by molar-refractivity contribution is 5.77. The molecular weight excluding hydrogens is 240 g/mol. The van der Waals surface area contributed by atoms with Crippen LogP contribution in [0, 0.1) is 0 Å². The number of nitrogens with one attached hydrogen (secondary N) is 1. The summed E-state index contributed by atoms with van der Waals surface area (Å²) in [5, 5.41) is 2.96. The van der Waals surface area contributed by atoms with Gasteiger partial charge in [-0.25, -0.2) is 0 Å². The Hall–Kier alpha value is -1.55. The summed E-state index contributed by atoms with van der Waals surface area (Å²) in [7, 11) is 1.63. The maximum Gasteiger partial charge on any atom is 0.222 e. The molecule has 4 heteroatoms. The molecule has 1 aromatic rings. The van der Waals surface area contributed by atoms with E-state index in [0.29, 0.717) is 6.42 Å². The van der Waals surface area contributed by atoms with Crippen LogP contribution in [-0.2, 0) is 4.79 Å². The molecule has 19 heavy (non-hydrogen) atoms. The molecule has 0 heterocycles. The van der Waals surface area contributed by atoms with Crippen LogP contribution in [-0.4, -0.2) is 19.1 Å². The van der Waals surface area contributed by atoms with Gasteiger partial charge in [0.1, 0.15) is 5.75 Å². The number of hydrogen-bond acceptors (Lipinski definition) is 3. The number of ether oxygens (including phenoxy) is 1. The summed E-state index contributed by atoms with van der Waals surface area (Å²) in [6.07, 6.45) is 2.27. The maximum atomic E-state index is 11.8. The molecule has 0 aliphatic carbocycles. The number of carbonyl (C=O) groups is 1. The van der Waals surface area contributed by atoms with Crippen molar-refractivity contribution < 1.29 is 9.53 Å². The van der Waals surface area contributed by atoms with Gasteiger partial charge >= 0.3 is 0 Å².